The molecule has 0 fully saturated rings. The van der Waals surface area contributed by atoms with Crippen molar-refractivity contribution in [1.29, 1.82) is 0 Å². The van der Waals surface area contributed by atoms with Crippen molar-refractivity contribution < 1.29 is 14.0 Å². The number of halogens is 1. The van der Waals surface area contributed by atoms with Crippen LogP contribution in [0.1, 0.15) is 31.2 Å². The number of hydrogen-bond donors (Lipinski definition) is 1. The van der Waals surface area contributed by atoms with Crippen molar-refractivity contribution >= 4 is 17.6 Å². The summed E-state index contributed by atoms with van der Waals surface area (Å²) in [5.74, 6) is -0.595. The Morgan fingerprint density at radius 2 is 2.08 bits per heavy atom. The molecule has 7 heteroatoms. The lowest BCUT2D eigenvalue weighted by molar-refractivity contribution is -0.128. The van der Waals surface area contributed by atoms with Gasteiger partial charge in [0.25, 0.3) is 0 Å². The largest absolute Gasteiger partial charge is 0.349 e. The van der Waals surface area contributed by atoms with Crippen molar-refractivity contribution in [3.8, 4) is 0 Å². The Morgan fingerprint density at radius 3 is 2.76 bits per heavy atom. The van der Waals surface area contributed by atoms with Crippen LogP contribution >= 0.6 is 0 Å². The molecule has 1 unspecified atom stereocenters. The molecule has 0 spiro atoms. The molecule has 0 aliphatic rings. The Labute approximate surface area is 146 Å². The summed E-state index contributed by atoms with van der Waals surface area (Å²) in [6.07, 6.45) is 2.87. The maximum Gasteiger partial charge on any atom is 0.232 e. The molecule has 134 valence electrons. The summed E-state index contributed by atoms with van der Waals surface area (Å²) in [5.41, 5.74) is 0.610. The van der Waals surface area contributed by atoms with Crippen LogP contribution in [0.4, 0.5) is 10.2 Å². The zero-order chi connectivity index (χ0) is 18.4. The number of benzene rings is 1. The summed E-state index contributed by atoms with van der Waals surface area (Å²) in [7, 11) is 3.45. The Hall–Kier alpha value is -2.70. The lowest BCUT2D eigenvalue weighted by Gasteiger charge is -2.11. The number of rotatable bonds is 7. The fourth-order valence-electron chi connectivity index (χ4n) is 2.33. The maximum absolute atomic E-state index is 13.3. The third-order valence-corrected chi connectivity index (χ3v) is 3.91. The van der Waals surface area contributed by atoms with Crippen LogP contribution in [-0.2, 0) is 16.1 Å². The molecule has 2 rings (SSSR count). The smallest absolute Gasteiger partial charge is 0.232 e. The predicted molar refractivity (Wildman–Crippen MR) is 93.6 cm³/mol. The summed E-state index contributed by atoms with van der Waals surface area (Å²) >= 11 is 0. The van der Waals surface area contributed by atoms with Gasteiger partial charge in [-0.3, -0.25) is 14.3 Å². The standard InChI is InChI=1S/C18H23FN4O2/c1-13(14-6-4-7-15(19)12-14)18(25)20-16-9-11-23(21-16)10-5-8-17(24)22(2)3/h4,6-7,9,11-13H,5,8,10H2,1-3H3,(H,20,21,25). The number of aryl methyl sites for hydroxylation is 1. The van der Waals surface area contributed by atoms with Gasteiger partial charge >= 0.3 is 0 Å². The molecular weight excluding hydrogens is 323 g/mol. The van der Waals surface area contributed by atoms with Gasteiger partial charge in [0.1, 0.15) is 5.82 Å². The summed E-state index contributed by atoms with van der Waals surface area (Å²) in [5, 5.41) is 7.00. The highest BCUT2D eigenvalue weighted by Gasteiger charge is 2.16. The molecule has 1 N–H and O–H groups in total. The van der Waals surface area contributed by atoms with E-state index in [2.05, 4.69) is 10.4 Å². The second kappa shape index (κ2) is 8.41. The van der Waals surface area contributed by atoms with Crippen LogP contribution in [0.25, 0.3) is 0 Å². The van der Waals surface area contributed by atoms with E-state index >= 15 is 0 Å². The molecule has 0 aliphatic carbocycles. The van der Waals surface area contributed by atoms with Gasteiger partial charge < -0.3 is 10.2 Å². The molecule has 0 aliphatic heterocycles. The van der Waals surface area contributed by atoms with E-state index in [9.17, 15) is 14.0 Å². The number of anilines is 1. The Kier molecular flexibility index (Phi) is 6.27. The predicted octanol–water partition coefficient (Wildman–Crippen LogP) is 2.63. The van der Waals surface area contributed by atoms with Crippen LogP contribution in [0, 0.1) is 5.82 Å². The van der Waals surface area contributed by atoms with Crippen LogP contribution in [0.2, 0.25) is 0 Å². The van der Waals surface area contributed by atoms with E-state index in [1.165, 1.54) is 12.1 Å². The van der Waals surface area contributed by atoms with E-state index in [4.69, 9.17) is 0 Å². The Morgan fingerprint density at radius 1 is 1.32 bits per heavy atom. The zero-order valence-corrected chi connectivity index (χ0v) is 14.7. The molecular formula is C18H23FN4O2. The molecule has 2 aromatic rings. The highest BCUT2D eigenvalue weighted by atomic mass is 19.1. The number of nitrogens with one attached hydrogen (secondary N) is 1. The van der Waals surface area contributed by atoms with E-state index in [1.54, 1.807) is 55.0 Å². The van der Waals surface area contributed by atoms with Crippen LogP contribution < -0.4 is 5.32 Å². The monoisotopic (exact) mass is 346 g/mol. The zero-order valence-electron chi connectivity index (χ0n) is 14.7. The van der Waals surface area contributed by atoms with Crippen molar-refractivity contribution in [2.24, 2.45) is 0 Å². The van der Waals surface area contributed by atoms with Crippen molar-refractivity contribution in [1.82, 2.24) is 14.7 Å². The van der Waals surface area contributed by atoms with Gasteiger partial charge in [0.15, 0.2) is 5.82 Å². The normalized spacial score (nSPS) is 11.8. The van der Waals surface area contributed by atoms with Gasteiger partial charge in [0.05, 0.1) is 5.92 Å². The van der Waals surface area contributed by atoms with Crippen LogP contribution in [-0.4, -0.2) is 40.6 Å². The van der Waals surface area contributed by atoms with E-state index in [1.807, 2.05) is 0 Å². The SMILES string of the molecule is CC(C(=O)Nc1ccn(CCCC(=O)N(C)C)n1)c1cccc(F)c1. The van der Waals surface area contributed by atoms with Gasteiger partial charge in [0, 0.05) is 39.3 Å². The van der Waals surface area contributed by atoms with E-state index in [-0.39, 0.29) is 17.6 Å². The molecule has 1 heterocycles. The number of carbonyl (C=O) groups is 2. The van der Waals surface area contributed by atoms with Gasteiger partial charge in [0.2, 0.25) is 11.8 Å². The second-order valence-corrected chi connectivity index (χ2v) is 6.12. The molecule has 0 saturated carbocycles. The fraction of sp³-hybridized carbons (Fsp3) is 0.389. The summed E-state index contributed by atoms with van der Waals surface area (Å²) in [4.78, 5) is 25.4. The van der Waals surface area contributed by atoms with E-state index < -0.39 is 5.92 Å². The Balaban J connectivity index is 1.87. The minimum atomic E-state index is -0.487. The molecule has 0 saturated heterocycles. The molecule has 0 radical (unpaired) electrons. The first kappa shape index (κ1) is 18.6. The minimum Gasteiger partial charge on any atom is -0.349 e. The molecule has 1 aromatic heterocycles. The first-order chi connectivity index (χ1) is 11.9. The van der Waals surface area contributed by atoms with Crippen LogP contribution in [0.15, 0.2) is 36.5 Å². The highest BCUT2D eigenvalue weighted by molar-refractivity contribution is 5.94. The van der Waals surface area contributed by atoms with Crippen LogP contribution in [0.5, 0.6) is 0 Å². The average molecular weight is 346 g/mol. The molecule has 1 atom stereocenters. The van der Waals surface area contributed by atoms with Gasteiger partial charge in [-0.2, -0.15) is 5.10 Å². The first-order valence-electron chi connectivity index (χ1n) is 8.16. The lowest BCUT2D eigenvalue weighted by atomic mass is 10.0. The molecule has 25 heavy (non-hydrogen) atoms. The minimum absolute atomic E-state index is 0.0737. The summed E-state index contributed by atoms with van der Waals surface area (Å²) < 4.78 is 15.0. The molecule has 2 amide bonds. The molecule has 0 bridgehead atoms. The van der Waals surface area contributed by atoms with Crippen LogP contribution in [0.3, 0.4) is 0 Å². The molecule has 1 aromatic carbocycles. The van der Waals surface area contributed by atoms with Crippen molar-refractivity contribution in [3.05, 3.63) is 47.9 Å². The quantitative estimate of drug-likeness (QED) is 0.838. The first-order valence-corrected chi connectivity index (χ1v) is 8.16. The highest BCUT2D eigenvalue weighted by Crippen LogP contribution is 2.18. The third-order valence-electron chi connectivity index (χ3n) is 3.91. The van der Waals surface area contributed by atoms with Crippen molar-refractivity contribution in [3.63, 3.8) is 0 Å². The number of nitrogens with zero attached hydrogens (tertiary/aromatic N) is 3. The lowest BCUT2D eigenvalue weighted by Crippen LogP contribution is -2.21. The number of amides is 2. The van der Waals surface area contributed by atoms with E-state index in [0.717, 1.165) is 0 Å². The molecule has 6 nitrogen and oxygen atoms in total. The van der Waals surface area contributed by atoms with E-state index in [0.29, 0.717) is 30.8 Å². The van der Waals surface area contributed by atoms with Crippen molar-refractivity contribution in [2.45, 2.75) is 32.2 Å². The average Bonchev–Trinajstić information content (AvgIpc) is 3.01. The fourth-order valence-corrected chi connectivity index (χ4v) is 2.33. The second-order valence-electron chi connectivity index (χ2n) is 6.12. The van der Waals surface area contributed by atoms with Gasteiger partial charge in [-0.15, -0.1) is 0 Å². The van der Waals surface area contributed by atoms with Crippen molar-refractivity contribution in [2.75, 3.05) is 19.4 Å². The number of hydrogen-bond acceptors (Lipinski definition) is 3. The summed E-state index contributed by atoms with van der Waals surface area (Å²) in [6, 6.07) is 7.69. The van der Waals surface area contributed by atoms with Gasteiger partial charge in [-0.25, -0.2) is 4.39 Å². The Bertz CT molecular complexity index is 742. The third kappa shape index (κ3) is 5.41. The van der Waals surface area contributed by atoms with Gasteiger partial charge in [-0.1, -0.05) is 12.1 Å². The van der Waals surface area contributed by atoms with Gasteiger partial charge in [-0.05, 0) is 31.0 Å². The maximum atomic E-state index is 13.3. The summed E-state index contributed by atoms with van der Waals surface area (Å²) in [6.45, 7) is 2.31. The number of aromatic nitrogens is 2. The number of carbonyl (C=O) groups excluding carboxylic acids is 2. The topological polar surface area (TPSA) is 67.2 Å².